The SMILES string of the molecule is C=C.CCCCCCCCCCOc1ccc(-c2ccc(C(=O)Oc3cc(C=O)c(C)cc3C)cc2)cc1.CCCCCCCCCCOc1ccc(-c2ccc(OC(=O)c3cc([N+](=O)[O-])c(C)cc3/C=C/c3cc(OC(O)c4ccc(-c5ccc(OCCCCCCCCCC)cc5)cc4)c(C)cc3C)cc2)cc1. The molecular weight excluding hydrogens is 1370 g/mol. The van der Waals surface area contributed by atoms with E-state index in [2.05, 4.69) is 33.9 Å². The fourth-order valence-electron chi connectivity index (χ4n) is 13.0. The highest BCUT2D eigenvalue weighted by Crippen LogP contribution is 2.34. The molecule has 582 valence electrons. The van der Waals surface area contributed by atoms with Crippen LogP contribution in [0.15, 0.2) is 195 Å². The molecule has 1 atom stereocenters. The van der Waals surface area contributed by atoms with E-state index in [0.29, 0.717) is 51.7 Å². The molecule has 13 nitrogen and oxygen atoms in total. The van der Waals surface area contributed by atoms with Gasteiger partial charge in [0.05, 0.1) is 35.9 Å². The van der Waals surface area contributed by atoms with E-state index in [9.17, 15) is 29.6 Å². The highest BCUT2D eigenvalue weighted by molar-refractivity contribution is 5.97. The number of nitrogens with zero attached hydrogens (tertiary/aromatic N) is 1. The number of rotatable bonds is 44. The standard InChI is InChI=1S/C63H75NO8.C32H38O4.C2H4/c1-6-8-10-12-14-16-18-20-40-69-56-34-28-50(29-35-56)49-22-24-53(25-23-49)62(65)72-61-44-54(46(3)42-48(61)5)26-27-55-43-47(4)60(64(67)68)45-59(55)63(66)71-58-38-32-52(33-39-58)51-30-36-57(37-31-51)70-41-21-19-17-15-13-11-9-7-2;1-4-5-6-7-8-9-10-11-20-35-30-18-16-27(17-19-30)26-12-14-28(15-13-26)32(34)36-31-22-29(23-33)24(2)21-25(31)3;1-2/h22-39,42-45,62,65H,6-21,40-41H2,1-5H3;12-19,21-23H,4-11,20H2,1-3H3;1-2H2/b27-26+;;. The number of aldehydes is 1. The van der Waals surface area contributed by atoms with Crippen LogP contribution in [-0.4, -0.2) is 48.1 Å². The Morgan fingerprint density at radius 2 is 0.736 bits per heavy atom. The molecule has 9 aromatic rings. The van der Waals surface area contributed by atoms with Crippen molar-refractivity contribution in [3.8, 4) is 67.9 Å². The van der Waals surface area contributed by atoms with Gasteiger partial charge in [0.2, 0.25) is 6.29 Å². The molecule has 0 heterocycles. The Labute approximate surface area is 655 Å². The zero-order valence-electron chi connectivity index (χ0n) is 66.5. The molecule has 0 fully saturated rings. The summed E-state index contributed by atoms with van der Waals surface area (Å²) in [4.78, 5) is 49.2. The Balaban J connectivity index is 0.000000370. The van der Waals surface area contributed by atoms with E-state index in [-0.39, 0.29) is 11.3 Å². The van der Waals surface area contributed by atoms with Crippen molar-refractivity contribution in [2.75, 3.05) is 19.8 Å². The topological polar surface area (TPSA) is 170 Å². The van der Waals surface area contributed by atoms with E-state index in [1.165, 1.54) is 141 Å². The van der Waals surface area contributed by atoms with Gasteiger partial charge in [0.1, 0.15) is 40.8 Å². The van der Waals surface area contributed by atoms with Gasteiger partial charge in [-0.3, -0.25) is 14.9 Å². The normalized spacial score (nSPS) is 11.2. The minimum Gasteiger partial charge on any atom is -0.494 e. The van der Waals surface area contributed by atoms with Crippen molar-refractivity contribution in [3.05, 3.63) is 266 Å². The molecule has 9 rings (SSSR count). The maximum Gasteiger partial charge on any atom is 0.344 e. The number of carbonyl (C=O) groups is 3. The fourth-order valence-corrected chi connectivity index (χ4v) is 13.0. The monoisotopic (exact) mass is 1490 g/mol. The van der Waals surface area contributed by atoms with Crippen molar-refractivity contribution in [3.63, 3.8) is 0 Å². The van der Waals surface area contributed by atoms with Crippen LogP contribution < -0.4 is 28.4 Å². The van der Waals surface area contributed by atoms with E-state index in [4.69, 9.17) is 28.4 Å². The van der Waals surface area contributed by atoms with Crippen LogP contribution in [0.4, 0.5) is 5.69 Å². The number of ether oxygens (including phenoxy) is 6. The van der Waals surface area contributed by atoms with Crippen molar-refractivity contribution in [1.82, 2.24) is 0 Å². The van der Waals surface area contributed by atoms with Gasteiger partial charge in [-0.2, -0.15) is 0 Å². The number of nitro groups is 1. The number of benzene rings is 9. The van der Waals surface area contributed by atoms with Gasteiger partial charge >= 0.3 is 11.9 Å². The number of esters is 2. The molecule has 0 amide bonds. The average molecular weight is 1490 g/mol. The summed E-state index contributed by atoms with van der Waals surface area (Å²) in [6, 6.07) is 56.4. The van der Waals surface area contributed by atoms with Gasteiger partial charge in [0.15, 0.2) is 0 Å². The summed E-state index contributed by atoms with van der Waals surface area (Å²) in [5.74, 6) is 2.60. The third kappa shape index (κ3) is 28.9. The minimum atomic E-state index is -1.23. The van der Waals surface area contributed by atoms with Gasteiger partial charge in [-0.15, -0.1) is 13.2 Å². The van der Waals surface area contributed by atoms with Gasteiger partial charge in [0, 0.05) is 22.8 Å². The van der Waals surface area contributed by atoms with Crippen LogP contribution in [0.2, 0.25) is 0 Å². The van der Waals surface area contributed by atoms with Gasteiger partial charge < -0.3 is 33.5 Å². The highest BCUT2D eigenvalue weighted by atomic mass is 16.6. The summed E-state index contributed by atoms with van der Waals surface area (Å²) in [5.41, 5.74) is 12.6. The number of aryl methyl sites for hydroxylation is 5. The fraction of sp³-hybridized carbons (Fsp3) is 0.371. The molecule has 0 aromatic heterocycles. The van der Waals surface area contributed by atoms with E-state index < -0.39 is 23.2 Å². The first-order valence-corrected chi connectivity index (χ1v) is 40.0. The number of carbonyl (C=O) groups excluding carboxylic acids is 3. The molecule has 13 heteroatoms. The molecule has 0 bridgehead atoms. The lowest BCUT2D eigenvalue weighted by Crippen LogP contribution is -2.11. The maximum atomic E-state index is 13.8. The molecule has 0 aliphatic heterocycles. The first-order valence-electron chi connectivity index (χ1n) is 40.0. The van der Waals surface area contributed by atoms with Gasteiger partial charge in [-0.05, 0) is 200 Å². The van der Waals surface area contributed by atoms with Crippen molar-refractivity contribution in [2.24, 2.45) is 0 Å². The maximum absolute atomic E-state index is 13.8. The van der Waals surface area contributed by atoms with Crippen LogP contribution in [0, 0.1) is 44.7 Å². The Hall–Kier alpha value is -10.4. The summed E-state index contributed by atoms with van der Waals surface area (Å²) in [6.07, 6.45) is 33.6. The lowest BCUT2D eigenvalue weighted by molar-refractivity contribution is -0.385. The van der Waals surface area contributed by atoms with Gasteiger partial charge in [0.25, 0.3) is 5.69 Å². The molecule has 0 saturated heterocycles. The second-order valence-corrected chi connectivity index (χ2v) is 28.4. The Morgan fingerprint density at radius 3 is 1.14 bits per heavy atom. The van der Waals surface area contributed by atoms with Crippen LogP contribution in [0.1, 0.15) is 257 Å². The number of hydrogen-bond acceptors (Lipinski definition) is 12. The second-order valence-electron chi connectivity index (χ2n) is 28.4. The van der Waals surface area contributed by atoms with Crippen LogP contribution >= 0.6 is 0 Å². The minimum absolute atomic E-state index is 0.0497. The third-order valence-electron chi connectivity index (χ3n) is 19.7. The number of hydrogen-bond donors (Lipinski definition) is 1. The van der Waals surface area contributed by atoms with Crippen LogP contribution in [0.25, 0.3) is 45.5 Å². The molecule has 110 heavy (non-hydrogen) atoms. The van der Waals surface area contributed by atoms with Crippen LogP contribution in [0.5, 0.6) is 34.5 Å². The summed E-state index contributed by atoms with van der Waals surface area (Å²) in [6.45, 7) is 24.1. The molecule has 0 aliphatic rings. The van der Waals surface area contributed by atoms with Crippen molar-refractivity contribution in [1.29, 1.82) is 0 Å². The molecule has 9 aromatic carbocycles. The number of aliphatic hydroxyl groups excluding tert-OH is 1. The number of unbranched alkanes of at least 4 members (excludes halogenated alkanes) is 21. The van der Waals surface area contributed by atoms with E-state index in [0.717, 1.165) is 117 Å². The second kappa shape index (κ2) is 48.2. The van der Waals surface area contributed by atoms with Gasteiger partial charge in [-0.1, -0.05) is 265 Å². The average Bonchev–Trinajstić information content (AvgIpc) is 0.822. The molecule has 0 saturated carbocycles. The first kappa shape index (κ1) is 86.9. The zero-order chi connectivity index (χ0) is 78.8. The predicted octanol–water partition coefficient (Wildman–Crippen LogP) is 26.7. The van der Waals surface area contributed by atoms with Crippen LogP contribution in [-0.2, 0) is 0 Å². The molecule has 1 unspecified atom stereocenters. The lowest BCUT2D eigenvalue weighted by Gasteiger charge is -2.17. The van der Waals surface area contributed by atoms with Crippen molar-refractivity contribution in [2.45, 2.75) is 216 Å². The van der Waals surface area contributed by atoms with E-state index in [1.54, 1.807) is 49.4 Å². The first-order chi connectivity index (χ1) is 53.5. The van der Waals surface area contributed by atoms with Gasteiger partial charge in [-0.25, -0.2) is 9.59 Å². The molecule has 0 spiro atoms. The van der Waals surface area contributed by atoms with Crippen LogP contribution in [0.3, 0.4) is 0 Å². The highest BCUT2D eigenvalue weighted by Gasteiger charge is 2.22. The lowest BCUT2D eigenvalue weighted by atomic mass is 9.99. The van der Waals surface area contributed by atoms with Crippen molar-refractivity contribution < 1.29 is 52.8 Å². The Bertz CT molecular complexity index is 4280. The predicted molar refractivity (Wildman–Crippen MR) is 451 cm³/mol. The summed E-state index contributed by atoms with van der Waals surface area (Å²) in [7, 11) is 0. The summed E-state index contributed by atoms with van der Waals surface area (Å²) < 4.78 is 35.4. The number of aliphatic hydroxyl groups is 1. The Morgan fingerprint density at radius 1 is 0.391 bits per heavy atom. The molecule has 1 N–H and O–H groups in total. The Kier molecular flexibility index (Phi) is 38.1. The molecular formula is C97H117NO12. The van der Waals surface area contributed by atoms with Crippen molar-refractivity contribution >= 4 is 36.1 Å². The summed E-state index contributed by atoms with van der Waals surface area (Å²) >= 11 is 0. The third-order valence-corrected chi connectivity index (χ3v) is 19.7. The quantitative estimate of drug-likeness (QED) is 0.00442. The van der Waals surface area contributed by atoms with E-state index >= 15 is 0 Å². The largest absolute Gasteiger partial charge is 0.494 e. The number of nitro benzene ring substituents is 1. The summed E-state index contributed by atoms with van der Waals surface area (Å²) in [5, 5.41) is 23.3. The van der Waals surface area contributed by atoms with E-state index in [1.807, 2.05) is 173 Å². The smallest absolute Gasteiger partial charge is 0.344 e. The molecule has 0 radical (unpaired) electrons. The zero-order valence-corrected chi connectivity index (χ0v) is 66.5. The molecule has 0 aliphatic carbocycles.